The molecule has 1 aliphatic heterocycles. The lowest BCUT2D eigenvalue weighted by Gasteiger charge is -2.16. The zero-order valence-corrected chi connectivity index (χ0v) is 18.2. The van der Waals surface area contributed by atoms with Gasteiger partial charge in [-0.05, 0) is 49.7 Å². The molecule has 0 bridgehead atoms. The smallest absolute Gasteiger partial charge is 0.291 e. The first-order chi connectivity index (χ1) is 14.8. The Labute approximate surface area is 183 Å². The summed E-state index contributed by atoms with van der Waals surface area (Å²) in [5.41, 5.74) is 2.50. The number of hydrogen-bond acceptors (Lipinski definition) is 7. The molecule has 9 nitrogen and oxygen atoms in total. The molecule has 2 amide bonds. The molecule has 0 atom stereocenters. The standard InChI is InChI=1S/C20H19N5O4S2/c1-13-4-6-14(7-5-13)18(27)21-19-22-23-20(30-19)31(28,29)24-15-8-10-16(11-9-15)25-12-2-3-17(25)26/h4-11,24H,2-3,12H2,1H3,(H,21,22,27). The van der Waals surface area contributed by atoms with Gasteiger partial charge in [0.05, 0.1) is 0 Å². The molecule has 0 spiro atoms. The highest BCUT2D eigenvalue weighted by atomic mass is 32.2. The van der Waals surface area contributed by atoms with E-state index in [1.165, 1.54) is 0 Å². The van der Waals surface area contributed by atoms with Gasteiger partial charge < -0.3 is 4.90 Å². The van der Waals surface area contributed by atoms with Crippen LogP contribution in [0.3, 0.4) is 0 Å². The van der Waals surface area contributed by atoms with Gasteiger partial charge in [-0.2, -0.15) is 8.42 Å². The van der Waals surface area contributed by atoms with Crippen molar-refractivity contribution in [3.8, 4) is 0 Å². The van der Waals surface area contributed by atoms with Crippen LogP contribution in [0.4, 0.5) is 16.5 Å². The first-order valence-corrected chi connectivity index (χ1v) is 11.8. The van der Waals surface area contributed by atoms with E-state index >= 15 is 0 Å². The Hall–Kier alpha value is -3.31. The van der Waals surface area contributed by atoms with Crippen LogP contribution in [-0.4, -0.2) is 37.0 Å². The van der Waals surface area contributed by atoms with E-state index in [0.29, 0.717) is 24.2 Å². The quantitative estimate of drug-likeness (QED) is 0.549. The number of carbonyl (C=O) groups excluding carboxylic acids is 2. The summed E-state index contributed by atoms with van der Waals surface area (Å²) in [5, 5.41) is 10.1. The zero-order chi connectivity index (χ0) is 22.0. The number of rotatable bonds is 6. The number of carbonyl (C=O) groups is 2. The summed E-state index contributed by atoms with van der Waals surface area (Å²) in [5.74, 6) is -0.345. The number of aryl methyl sites for hydroxylation is 1. The van der Waals surface area contributed by atoms with Gasteiger partial charge in [0, 0.05) is 29.9 Å². The van der Waals surface area contributed by atoms with E-state index in [4.69, 9.17) is 0 Å². The van der Waals surface area contributed by atoms with Crippen molar-refractivity contribution in [3.63, 3.8) is 0 Å². The Balaban J connectivity index is 1.43. The topological polar surface area (TPSA) is 121 Å². The molecular weight excluding hydrogens is 438 g/mol. The molecule has 0 unspecified atom stereocenters. The first-order valence-electron chi connectivity index (χ1n) is 9.47. The maximum absolute atomic E-state index is 12.6. The Morgan fingerprint density at radius 2 is 1.77 bits per heavy atom. The van der Waals surface area contributed by atoms with Crippen LogP contribution in [0.2, 0.25) is 0 Å². The second kappa shape index (κ2) is 8.44. The van der Waals surface area contributed by atoms with Crippen molar-refractivity contribution in [1.82, 2.24) is 10.2 Å². The SMILES string of the molecule is Cc1ccc(C(=O)Nc2nnc(S(=O)(=O)Nc3ccc(N4CCCC4=O)cc3)s2)cc1. The van der Waals surface area contributed by atoms with Crippen LogP contribution in [0.25, 0.3) is 0 Å². The van der Waals surface area contributed by atoms with Crippen molar-refractivity contribution < 1.29 is 18.0 Å². The molecule has 1 saturated heterocycles. The lowest BCUT2D eigenvalue weighted by atomic mass is 10.1. The molecule has 11 heteroatoms. The summed E-state index contributed by atoms with van der Waals surface area (Å²) in [6.45, 7) is 2.57. The van der Waals surface area contributed by atoms with Gasteiger partial charge in [-0.25, -0.2) is 0 Å². The van der Waals surface area contributed by atoms with Crippen molar-refractivity contribution >= 4 is 49.7 Å². The van der Waals surface area contributed by atoms with Crippen molar-refractivity contribution in [2.75, 3.05) is 21.5 Å². The van der Waals surface area contributed by atoms with Gasteiger partial charge in [-0.1, -0.05) is 29.0 Å². The van der Waals surface area contributed by atoms with Crippen LogP contribution < -0.4 is 14.9 Å². The van der Waals surface area contributed by atoms with Gasteiger partial charge in [0.15, 0.2) is 0 Å². The number of hydrogen-bond donors (Lipinski definition) is 2. The van der Waals surface area contributed by atoms with Gasteiger partial charge in [0.25, 0.3) is 20.3 Å². The summed E-state index contributed by atoms with van der Waals surface area (Å²) < 4.78 is 27.4. The molecule has 2 heterocycles. The monoisotopic (exact) mass is 457 g/mol. The lowest BCUT2D eigenvalue weighted by Crippen LogP contribution is -2.23. The highest BCUT2D eigenvalue weighted by Crippen LogP contribution is 2.26. The third-order valence-corrected chi connectivity index (χ3v) is 7.26. The van der Waals surface area contributed by atoms with Crippen LogP contribution in [0.15, 0.2) is 52.9 Å². The maximum atomic E-state index is 12.6. The number of benzene rings is 2. The molecule has 31 heavy (non-hydrogen) atoms. The van der Waals surface area contributed by atoms with Gasteiger partial charge in [-0.15, -0.1) is 10.2 Å². The van der Waals surface area contributed by atoms with Crippen molar-refractivity contribution in [2.45, 2.75) is 24.1 Å². The molecule has 2 N–H and O–H groups in total. The molecule has 4 rings (SSSR count). The molecule has 3 aromatic rings. The van der Waals surface area contributed by atoms with Gasteiger partial charge in [-0.3, -0.25) is 19.6 Å². The normalized spacial score (nSPS) is 14.0. The largest absolute Gasteiger partial charge is 0.312 e. The summed E-state index contributed by atoms with van der Waals surface area (Å²) in [4.78, 5) is 25.8. The van der Waals surface area contributed by atoms with E-state index in [-0.39, 0.29) is 15.4 Å². The highest BCUT2D eigenvalue weighted by molar-refractivity contribution is 7.94. The van der Waals surface area contributed by atoms with Crippen LogP contribution in [0.5, 0.6) is 0 Å². The minimum Gasteiger partial charge on any atom is -0.312 e. The summed E-state index contributed by atoms with van der Waals surface area (Å²) in [6, 6.07) is 13.5. The third kappa shape index (κ3) is 4.72. The highest BCUT2D eigenvalue weighted by Gasteiger charge is 2.23. The van der Waals surface area contributed by atoms with Crippen LogP contribution in [0.1, 0.15) is 28.8 Å². The zero-order valence-electron chi connectivity index (χ0n) is 16.5. The number of aromatic nitrogens is 2. The maximum Gasteiger partial charge on any atom is 0.291 e. The van der Waals surface area contributed by atoms with E-state index in [2.05, 4.69) is 20.2 Å². The second-order valence-electron chi connectivity index (χ2n) is 6.99. The average Bonchev–Trinajstić information content (AvgIpc) is 3.38. The van der Waals surface area contributed by atoms with E-state index in [9.17, 15) is 18.0 Å². The fraction of sp³-hybridized carbons (Fsp3) is 0.200. The van der Waals surface area contributed by atoms with Gasteiger partial charge in [0.1, 0.15) is 0 Å². The molecule has 1 aliphatic rings. The molecule has 1 aromatic heterocycles. The number of nitrogens with one attached hydrogen (secondary N) is 2. The summed E-state index contributed by atoms with van der Waals surface area (Å²) in [6.07, 6.45) is 1.33. The van der Waals surface area contributed by atoms with E-state index in [1.54, 1.807) is 53.4 Å². The molecular formula is C20H19N5O4S2. The Bertz CT molecular complexity index is 1220. The molecule has 1 fully saturated rings. The number of amides is 2. The fourth-order valence-corrected chi connectivity index (χ4v) is 5.03. The van der Waals surface area contributed by atoms with Crippen molar-refractivity contribution in [1.29, 1.82) is 0 Å². The summed E-state index contributed by atoms with van der Waals surface area (Å²) in [7, 11) is -3.98. The lowest BCUT2D eigenvalue weighted by molar-refractivity contribution is -0.117. The molecule has 160 valence electrons. The van der Waals surface area contributed by atoms with Gasteiger partial charge in [0.2, 0.25) is 11.0 Å². The van der Waals surface area contributed by atoms with E-state index in [0.717, 1.165) is 29.0 Å². The predicted octanol–water partition coefficient (Wildman–Crippen LogP) is 3.03. The van der Waals surface area contributed by atoms with Crippen LogP contribution >= 0.6 is 11.3 Å². The number of nitrogens with zero attached hydrogens (tertiary/aromatic N) is 3. The Kier molecular flexibility index (Phi) is 5.70. The van der Waals surface area contributed by atoms with Crippen LogP contribution in [-0.2, 0) is 14.8 Å². The fourth-order valence-electron chi connectivity index (χ4n) is 3.07. The minimum absolute atomic E-state index is 0.0578. The number of sulfonamides is 1. The van der Waals surface area contributed by atoms with Crippen LogP contribution in [0, 0.1) is 6.92 Å². The minimum atomic E-state index is -3.98. The molecule has 0 aliphatic carbocycles. The predicted molar refractivity (Wildman–Crippen MR) is 118 cm³/mol. The average molecular weight is 458 g/mol. The Morgan fingerprint density at radius 1 is 1.06 bits per heavy atom. The third-order valence-electron chi connectivity index (χ3n) is 4.68. The van der Waals surface area contributed by atoms with Crippen molar-refractivity contribution in [2.24, 2.45) is 0 Å². The van der Waals surface area contributed by atoms with Gasteiger partial charge >= 0.3 is 0 Å². The molecule has 0 radical (unpaired) electrons. The molecule has 2 aromatic carbocycles. The second-order valence-corrected chi connectivity index (χ2v) is 9.83. The first kappa shape index (κ1) is 20.9. The molecule has 0 saturated carbocycles. The summed E-state index contributed by atoms with van der Waals surface area (Å²) >= 11 is 0.752. The Morgan fingerprint density at radius 3 is 2.42 bits per heavy atom. The van der Waals surface area contributed by atoms with E-state index in [1.807, 2.05) is 6.92 Å². The van der Waals surface area contributed by atoms with E-state index < -0.39 is 15.9 Å². The van der Waals surface area contributed by atoms with Crippen molar-refractivity contribution in [3.05, 3.63) is 59.7 Å². The number of anilines is 3.